The average molecular weight is 804 g/mol. The maximum atomic E-state index is 5.53. The van der Waals surface area contributed by atoms with Crippen LogP contribution in [0.1, 0.15) is 86.3 Å². The number of hydrogen-bond acceptors (Lipinski definition) is 2. The van der Waals surface area contributed by atoms with Crippen molar-refractivity contribution in [2.75, 3.05) is 0 Å². The second kappa shape index (κ2) is 11.8. The number of benzene rings is 4. The average Bonchev–Trinajstić information content (AvgIpc) is 3.37. The van der Waals surface area contributed by atoms with Gasteiger partial charge in [0.05, 0.1) is 11.4 Å². The summed E-state index contributed by atoms with van der Waals surface area (Å²) in [4.78, 5) is 11.1. The molecule has 0 fully saturated rings. The van der Waals surface area contributed by atoms with Crippen molar-refractivity contribution < 1.29 is 21.1 Å². The summed E-state index contributed by atoms with van der Waals surface area (Å²) < 4.78 is 0. The van der Waals surface area contributed by atoms with E-state index >= 15 is 0 Å². The van der Waals surface area contributed by atoms with Gasteiger partial charge in [-0.3, -0.25) is 9.97 Å². The van der Waals surface area contributed by atoms with Crippen LogP contribution in [-0.4, -0.2) is 9.97 Å². The first-order valence-electron chi connectivity index (χ1n) is 16.8. The molecule has 0 N–H and O–H groups in total. The Morgan fingerprint density at radius 2 is 0.917 bits per heavy atom. The van der Waals surface area contributed by atoms with Gasteiger partial charge in [-0.1, -0.05) is 114 Å². The minimum Gasteiger partial charge on any atom is -0.300 e. The molecule has 4 aromatic carbocycles. The maximum absolute atomic E-state index is 5.53. The van der Waals surface area contributed by atoms with E-state index in [-0.39, 0.29) is 31.9 Å². The predicted molar refractivity (Wildman–Crippen MR) is 193 cm³/mol. The minimum atomic E-state index is -0.693. The second-order valence-electron chi connectivity index (χ2n) is 15.2. The van der Waals surface area contributed by atoms with Crippen LogP contribution >= 0.6 is 0 Å². The number of fused-ring (bicyclic) bond motifs is 17. The fourth-order valence-electron chi connectivity index (χ4n) is 7.93. The molecule has 48 heavy (non-hydrogen) atoms. The van der Waals surface area contributed by atoms with Gasteiger partial charge < -0.3 is 0 Å². The summed E-state index contributed by atoms with van der Waals surface area (Å²) >= 11 is 0. The van der Waals surface area contributed by atoms with Gasteiger partial charge in [-0.15, -0.1) is 69.8 Å². The third-order valence-electron chi connectivity index (χ3n) is 10.1. The quantitative estimate of drug-likeness (QED) is 0.143. The minimum absolute atomic E-state index is 0. The van der Waals surface area contributed by atoms with Crippen LogP contribution in [0.5, 0.6) is 0 Å². The Bertz CT molecular complexity index is 2020. The predicted octanol–water partition coefficient (Wildman–Crippen LogP) is 10.5. The largest absolute Gasteiger partial charge is 2.00 e. The fraction of sp³-hybridized carbons (Fsp3) is 0.244. The van der Waals surface area contributed by atoms with E-state index in [1.807, 2.05) is 0 Å². The summed E-state index contributed by atoms with van der Waals surface area (Å²) in [5.74, 6) is 0. The number of pyridine rings is 2. The zero-order valence-electron chi connectivity index (χ0n) is 28.5. The van der Waals surface area contributed by atoms with Crippen LogP contribution < -0.4 is 0 Å². The van der Waals surface area contributed by atoms with E-state index in [2.05, 4.69) is 163 Å². The molecule has 0 atom stereocenters. The molecule has 2 nitrogen and oxygen atoms in total. The van der Waals surface area contributed by atoms with Crippen molar-refractivity contribution in [2.45, 2.75) is 70.6 Å². The van der Waals surface area contributed by atoms with E-state index in [1.165, 1.54) is 44.5 Å². The molecule has 0 radical (unpaired) electrons. The molecule has 1 spiro atoms. The number of rotatable bonds is 0. The van der Waals surface area contributed by atoms with Crippen molar-refractivity contribution in [3.63, 3.8) is 0 Å². The van der Waals surface area contributed by atoms with Gasteiger partial charge in [-0.25, -0.2) is 0 Å². The first-order chi connectivity index (χ1) is 22.5. The molecule has 0 saturated carbocycles. The van der Waals surface area contributed by atoms with Crippen molar-refractivity contribution >= 4 is 0 Å². The van der Waals surface area contributed by atoms with E-state index in [4.69, 9.17) is 9.97 Å². The van der Waals surface area contributed by atoms with Gasteiger partial charge in [0, 0.05) is 0 Å². The van der Waals surface area contributed by atoms with Crippen molar-refractivity contribution in [3.8, 4) is 33.6 Å². The number of aromatic nitrogens is 2. The van der Waals surface area contributed by atoms with Crippen molar-refractivity contribution in [3.05, 3.63) is 166 Å². The van der Waals surface area contributed by atoms with Gasteiger partial charge in [0.15, 0.2) is 0 Å². The molecule has 1 aliphatic heterocycles. The third kappa shape index (κ3) is 5.12. The van der Waals surface area contributed by atoms with Gasteiger partial charge in [0.25, 0.3) is 0 Å². The standard InChI is InChI=1S/C45H40N2.Pt/c1-43(2,3)35-25-23-31-27-29(35)21-22-30-28-32(24-26-36(30)44(4,5)6)40-18-12-20-42(47-40)45(41-19-11-17-39(31)46-41)37-15-9-7-13-33(37)34-14-8-10-16-38(34)45;/h7-20,23-26H,21-22H2,1-6H3;/q-2;+2. The van der Waals surface area contributed by atoms with E-state index in [1.54, 1.807) is 0 Å². The van der Waals surface area contributed by atoms with E-state index in [0.29, 0.717) is 0 Å². The van der Waals surface area contributed by atoms with E-state index in [0.717, 1.165) is 46.7 Å². The first kappa shape index (κ1) is 32.4. The molecule has 8 rings (SSSR count). The van der Waals surface area contributed by atoms with E-state index in [9.17, 15) is 0 Å². The Balaban J connectivity index is 0.00000364. The molecule has 3 heteroatoms. The molecule has 8 bridgehead atoms. The molecular formula is C45H40N2Pt. The van der Waals surface area contributed by atoms with Crippen molar-refractivity contribution in [1.29, 1.82) is 0 Å². The molecule has 6 aromatic rings. The zero-order chi connectivity index (χ0) is 32.6. The Hall–Kier alpha value is -4.13. The van der Waals surface area contributed by atoms with Crippen molar-refractivity contribution in [1.82, 2.24) is 9.97 Å². The SMILES string of the molecule is CC(C)(C)c1ccc2[c-]c1CCc1[c-]c(ccc1C(C)(C)C)-c1cccc(n1)C1(c3cccc-2n3)c2ccccc2-c2ccccc21.[Pt+2]. The number of hydrogen-bond donors (Lipinski definition) is 0. The van der Waals surface area contributed by atoms with Gasteiger partial charge in [-0.2, -0.15) is 0 Å². The summed E-state index contributed by atoms with van der Waals surface area (Å²) in [6, 6.07) is 47.3. The maximum Gasteiger partial charge on any atom is 2.00 e. The van der Waals surface area contributed by atoms with Crippen molar-refractivity contribution in [2.24, 2.45) is 0 Å². The monoisotopic (exact) mass is 803 g/mol. The Morgan fingerprint density at radius 1 is 0.500 bits per heavy atom. The van der Waals surface area contributed by atoms with Crippen LogP contribution in [0.15, 0.2) is 109 Å². The molecule has 2 aliphatic rings. The summed E-state index contributed by atoms with van der Waals surface area (Å²) in [6.07, 6.45) is 1.75. The molecule has 240 valence electrons. The van der Waals surface area contributed by atoms with Crippen LogP contribution in [-0.2, 0) is 50.2 Å². The molecule has 1 aliphatic carbocycles. The fourth-order valence-corrected chi connectivity index (χ4v) is 7.93. The van der Waals surface area contributed by atoms with Gasteiger partial charge in [0.1, 0.15) is 5.41 Å². The van der Waals surface area contributed by atoms with Crippen LogP contribution in [0.2, 0.25) is 0 Å². The van der Waals surface area contributed by atoms with Gasteiger partial charge in [-0.05, 0) is 69.4 Å². The summed E-state index contributed by atoms with van der Waals surface area (Å²) in [5, 5.41) is 0. The van der Waals surface area contributed by atoms with Gasteiger partial charge >= 0.3 is 21.1 Å². The summed E-state index contributed by atoms with van der Waals surface area (Å²) in [6.45, 7) is 13.8. The molecule has 0 amide bonds. The Kier molecular flexibility index (Phi) is 7.96. The smallest absolute Gasteiger partial charge is 0.300 e. The van der Waals surface area contributed by atoms with Crippen LogP contribution in [0.25, 0.3) is 33.6 Å². The van der Waals surface area contributed by atoms with Crippen LogP contribution in [0.4, 0.5) is 0 Å². The molecular weight excluding hydrogens is 764 g/mol. The van der Waals surface area contributed by atoms with Crippen LogP contribution in [0.3, 0.4) is 0 Å². The van der Waals surface area contributed by atoms with Gasteiger partial charge in [0.2, 0.25) is 0 Å². The first-order valence-corrected chi connectivity index (χ1v) is 16.8. The third-order valence-corrected chi connectivity index (χ3v) is 10.1. The number of nitrogens with zero attached hydrogens (tertiary/aromatic N) is 2. The molecule has 0 unspecified atom stereocenters. The normalized spacial score (nSPS) is 14.3. The molecule has 0 saturated heterocycles. The number of aryl methyl sites for hydroxylation is 2. The second-order valence-corrected chi connectivity index (χ2v) is 15.2. The van der Waals surface area contributed by atoms with E-state index < -0.39 is 5.41 Å². The summed E-state index contributed by atoms with van der Waals surface area (Å²) in [7, 11) is 0. The summed E-state index contributed by atoms with van der Waals surface area (Å²) in [5.41, 5.74) is 15.2. The van der Waals surface area contributed by atoms with Crippen LogP contribution in [0, 0.1) is 12.1 Å². The molecule has 2 aromatic heterocycles. The Labute approximate surface area is 300 Å². The topological polar surface area (TPSA) is 25.8 Å². The Morgan fingerprint density at radius 3 is 1.33 bits per heavy atom. The molecule has 3 heterocycles. The zero-order valence-corrected chi connectivity index (χ0v) is 30.8.